The fourth-order valence-corrected chi connectivity index (χ4v) is 2.57. The largest absolute Gasteiger partial charge is 0.442 e. The average Bonchev–Trinajstić information content (AvgIpc) is 2.72. The number of fused-ring (bicyclic) bond motifs is 1. The highest BCUT2D eigenvalue weighted by Crippen LogP contribution is 2.21. The smallest absolute Gasteiger partial charge is 0.360 e. The molecule has 0 fully saturated rings. The van der Waals surface area contributed by atoms with Gasteiger partial charge in [0.1, 0.15) is 0 Å². The van der Waals surface area contributed by atoms with Crippen LogP contribution in [0.2, 0.25) is 0 Å². The number of nitrogens with one attached hydrogen (secondary N) is 3. The van der Waals surface area contributed by atoms with Gasteiger partial charge in [-0.25, -0.2) is 14.7 Å². The number of urea groups is 1. The van der Waals surface area contributed by atoms with Gasteiger partial charge >= 0.3 is 12.0 Å². The van der Waals surface area contributed by atoms with Crippen LogP contribution >= 0.6 is 0 Å². The summed E-state index contributed by atoms with van der Waals surface area (Å²) in [5.41, 5.74) is -0.237. The predicted molar refractivity (Wildman–Crippen MR) is 99.6 cm³/mol. The number of aromatic nitrogens is 2. The Labute approximate surface area is 158 Å². The number of hydrogen-bond acceptors (Lipinski definition) is 6. The zero-order valence-corrected chi connectivity index (χ0v) is 14.8. The van der Waals surface area contributed by atoms with Gasteiger partial charge in [-0.05, 0) is 6.07 Å². The minimum absolute atomic E-state index is 0.149. The molecule has 0 saturated carbocycles. The van der Waals surface area contributed by atoms with Gasteiger partial charge in [0.25, 0.3) is 11.5 Å². The lowest BCUT2D eigenvalue weighted by Crippen LogP contribution is -2.41. The van der Waals surface area contributed by atoms with Gasteiger partial charge in [0.15, 0.2) is 5.69 Å². The van der Waals surface area contributed by atoms with Crippen molar-refractivity contribution in [3.8, 4) is 0 Å². The van der Waals surface area contributed by atoms with Crippen LogP contribution in [0, 0.1) is 0 Å². The van der Waals surface area contributed by atoms with Crippen molar-refractivity contribution in [2.24, 2.45) is 0 Å². The number of carbonyl (C=O) groups is 3. The topological polar surface area (TPSA) is 130 Å². The van der Waals surface area contributed by atoms with E-state index in [0.717, 1.165) is 0 Å². The molecule has 0 unspecified atom stereocenters. The third kappa shape index (κ3) is 3.88. The van der Waals surface area contributed by atoms with Crippen LogP contribution in [0.3, 0.4) is 0 Å². The van der Waals surface area contributed by atoms with E-state index < -0.39 is 29.6 Å². The number of amides is 3. The van der Waals surface area contributed by atoms with E-state index in [0.29, 0.717) is 5.56 Å². The summed E-state index contributed by atoms with van der Waals surface area (Å²) in [6.07, 6.45) is -1.39. The molecular weight excluding hydrogens is 364 g/mol. The zero-order valence-electron chi connectivity index (χ0n) is 14.8. The maximum Gasteiger partial charge on any atom is 0.360 e. The quantitative estimate of drug-likeness (QED) is 0.585. The lowest BCUT2D eigenvalue weighted by Gasteiger charge is -2.17. The van der Waals surface area contributed by atoms with Crippen molar-refractivity contribution in [3.05, 3.63) is 76.2 Å². The molecule has 0 aliphatic rings. The summed E-state index contributed by atoms with van der Waals surface area (Å²) >= 11 is 0. The summed E-state index contributed by atoms with van der Waals surface area (Å²) in [7, 11) is 1.35. The monoisotopic (exact) mass is 380 g/mol. The molecule has 0 bridgehead atoms. The Bertz CT molecular complexity index is 1090. The van der Waals surface area contributed by atoms with E-state index in [4.69, 9.17) is 4.74 Å². The first-order chi connectivity index (χ1) is 13.5. The number of ether oxygens (including phenoxy) is 1. The second-order valence-electron chi connectivity index (χ2n) is 5.71. The van der Waals surface area contributed by atoms with Gasteiger partial charge in [-0.1, -0.05) is 48.5 Å². The van der Waals surface area contributed by atoms with Gasteiger partial charge < -0.3 is 10.1 Å². The summed E-state index contributed by atoms with van der Waals surface area (Å²) < 4.78 is 5.36. The summed E-state index contributed by atoms with van der Waals surface area (Å²) in [6.45, 7) is 0. The maximum absolute atomic E-state index is 12.7. The van der Waals surface area contributed by atoms with Crippen molar-refractivity contribution in [1.82, 2.24) is 20.8 Å². The molecule has 0 spiro atoms. The second-order valence-corrected chi connectivity index (χ2v) is 5.71. The van der Waals surface area contributed by atoms with E-state index in [1.165, 1.54) is 7.05 Å². The van der Waals surface area contributed by atoms with Crippen LogP contribution in [0.15, 0.2) is 59.4 Å². The van der Waals surface area contributed by atoms with E-state index in [2.05, 4.69) is 20.8 Å². The highest BCUT2D eigenvalue weighted by Gasteiger charge is 2.28. The Balaban J connectivity index is 1.96. The normalized spacial score (nSPS) is 11.5. The molecule has 1 atom stereocenters. The first-order valence-corrected chi connectivity index (χ1v) is 8.27. The number of carbonyl (C=O) groups excluding carboxylic acids is 3. The molecule has 142 valence electrons. The third-order valence-corrected chi connectivity index (χ3v) is 3.92. The number of hydrogen-bond donors (Lipinski definition) is 3. The van der Waals surface area contributed by atoms with Gasteiger partial charge in [-0.3, -0.25) is 14.9 Å². The number of benzene rings is 2. The van der Waals surface area contributed by atoms with Crippen molar-refractivity contribution >= 4 is 28.7 Å². The highest BCUT2D eigenvalue weighted by molar-refractivity contribution is 6.04. The number of nitrogens with zero attached hydrogens (tertiary/aromatic N) is 1. The number of rotatable bonds is 4. The van der Waals surface area contributed by atoms with Crippen molar-refractivity contribution in [1.29, 1.82) is 0 Å². The van der Waals surface area contributed by atoms with E-state index >= 15 is 0 Å². The van der Waals surface area contributed by atoms with Gasteiger partial charge in [-0.15, -0.1) is 0 Å². The van der Waals surface area contributed by atoms with Crippen LogP contribution in [0.25, 0.3) is 10.8 Å². The summed E-state index contributed by atoms with van der Waals surface area (Å²) in [6, 6.07) is 13.9. The summed E-state index contributed by atoms with van der Waals surface area (Å²) in [5, 5.41) is 10.9. The maximum atomic E-state index is 12.7. The van der Waals surface area contributed by atoms with Crippen molar-refractivity contribution in [3.63, 3.8) is 0 Å². The first-order valence-electron chi connectivity index (χ1n) is 8.27. The Hall–Kier alpha value is -4.01. The van der Waals surface area contributed by atoms with E-state index in [1.54, 1.807) is 54.6 Å². The van der Waals surface area contributed by atoms with Crippen LogP contribution in [-0.2, 0) is 9.53 Å². The van der Waals surface area contributed by atoms with Gasteiger partial charge in [0, 0.05) is 18.0 Å². The number of imide groups is 1. The first kappa shape index (κ1) is 18.8. The number of aromatic amines is 1. The molecule has 0 aliphatic heterocycles. The van der Waals surface area contributed by atoms with E-state index in [1.807, 2.05) is 0 Å². The molecule has 3 amide bonds. The Morgan fingerprint density at radius 2 is 1.64 bits per heavy atom. The Morgan fingerprint density at radius 1 is 1.00 bits per heavy atom. The molecule has 0 saturated heterocycles. The SMILES string of the molecule is CNC(=O)NC(=O)[C@@H](OC(=O)c1n[nH]c(=O)c2ccccc12)c1ccccc1. The van der Waals surface area contributed by atoms with E-state index in [-0.39, 0.29) is 16.5 Å². The summed E-state index contributed by atoms with van der Waals surface area (Å²) in [5.74, 6) is -1.75. The molecule has 3 rings (SSSR count). The van der Waals surface area contributed by atoms with Crippen molar-refractivity contribution in [2.75, 3.05) is 7.05 Å². The molecule has 3 aromatic rings. The predicted octanol–water partition coefficient (Wildman–Crippen LogP) is 1.28. The number of H-pyrrole nitrogens is 1. The van der Waals surface area contributed by atoms with Gasteiger partial charge in [-0.2, -0.15) is 5.10 Å². The molecule has 9 nitrogen and oxygen atoms in total. The Morgan fingerprint density at radius 3 is 2.32 bits per heavy atom. The molecule has 3 N–H and O–H groups in total. The molecule has 28 heavy (non-hydrogen) atoms. The summed E-state index contributed by atoms with van der Waals surface area (Å²) in [4.78, 5) is 48.6. The van der Waals surface area contributed by atoms with Crippen LogP contribution in [0.1, 0.15) is 22.2 Å². The van der Waals surface area contributed by atoms with Crippen LogP contribution < -0.4 is 16.2 Å². The average molecular weight is 380 g/mol. The fourth-order valence-electron chi connectivity index (χ4n) is 2.57. The minimum Gasteiger partial charge on any atom is -0.442 e. The molecule has 1 heterocycles. The molecule has 0 radical (unpaired) electrons. The second kappa shape index (κ2) is 8.12. The van der Waals surface area contributed by atoms with Crippen molar-refractivity contribution < 1.29 is 19.1 Å². The standard InChI is InChI=1S/C19H16N4O5/c1-20-19(27)21-17(25)15(11-7-3-2-4-8-11)28-18(26)14-12-9-5-6-10-13(12)16(24)23-22-14/h2-10,15H,1H3,(H,23,24)(H2,20,21,25,27)/t15-/m0/s1. The Kier molecular flexibility index (Phi) is 5.45. The van der Waals surface area contributed by atoms with E-state index in [9.17, 15) is 19.2 Å². The molecular formula is C19H16N4O5. The van der Waals surface area contributed by atoms with Gasteiger partial charge in [0.05, 0.1) is 5.39 Å². The highest BCUT2D eigenvalue weighted by atomic mass is 16.5. The van der Waals surface area contributed by atoms with Crippen molar-refractivity contribution in [2.45, 2.75) is 6.10 Å². The lowest BCUT2D eigenvalue weighted by molar-refractivity contribution is -0.129. The van der Waals surface area contributed by atoms with Crippen LogP contribution in [-0.4, -0.2) is 35.2 Å². The minimum atomic E-state index is -1.39. The molecule has 9 heteroatoms. The number of esters is 1. The zero-order chi connectivity index (χ0) is 20.1. The molecule has 0 aliphatic carbocycles. The third-order valence-electron chi connectivity index (χ3n) is 3.92. The molecule has 2 aromatic carbocycles. The lowest BCUT2D eigenvalue weighted by atomic mass is 10.1. The van der Waals surface area contributed by atoms with Crippen LogP contribution in [0.5, 0.6) is 0 Å². The molecule has 1 aromatic heterocycles. The fraction of sp³-hybridized carbons (Fsp3) is 0.105. The van der Waals surface area contributed by atoms with Gasteiger partial charge in [0.2, 0.25) is 6.10 Å². The van der Waals surface area contributed by atoms with Crippen LogP contribution in [0.4, 0.5) is 4.79 Å².